The van der Waals surface area contributed by atoms with Crippen molar-refractivity contribution in [1.29, 1.82) is 0 Å². The van der Waals surface area contributed by atoms with Crippen LogP contribution in [-0.2, 0) is 4.79 Å². The second-order valence-corrected chi connectivity index (χ2v) is 7.62. The summed E-state index contributed by atoms with van der Waals surface area (Å²) >= 11 is 0. The van der Waals surface area contributed by atoms with Gasteiger partial charge < -0.3 is 10.1 Å². The molecule has 1 aromatic rings. The molecular weight excluding hydrogens is 334 g/mol. The molecule has 0 atom stereocenters. The number of para-hydroxylation sites is 2. The highest BCUT2D eigenvalue weighted by Crippen LogP contribution is 2.24. The van der Waals surface area contributed by atoms with Gasteiger partial charge in [-0.25, -0.2) is 0 Å². The van der Waals surface area contributed by atoms with E-state index in [0.29, 0.717) is 6.61 Å². The molecule has 1 N–H and O–H groups in total. The van der Waals surface area contributed by atoms with Gasteiger partial charge in [0.15, 0.2) is 0 Å². The van der Waals surface area contributed by atoms with E-state index in [9.17, 15) is 4.79 Å². The van der Waals surface area contributed by atoms with Crippen LogP contribution in [0.5, 0.6) is 5.75 Å². The molecule has 0 saturated heterocycles. The van der Waals surface area contributed by atoms with Crippen LogP contribution in [0.4, 0.5) is 5.69 Å². The van der Waals surface area contributed by atoms with E-state index in [1.54, 1.807) is 0 Å². The first-order valence-corrected chi connectivity index (χ1v) is 11.2. The zero-order chi connectivity index (χ0) is 19.6. The number of amides is 1. The van der Waals surface area contributed by atoms with Gasteiger partial charge in [-0.3, -0.25) is 4.79 Å². The summed E-state index contributed by atoms with van der Waals surface area (Å²) in [5.74, 6) is 0.699. The van der Waals surface area contributed by atoms with Crippen molar-refractivity contribution >= 4 is 11.6 Å². The summed E-state index contributed by atoms with van der Waals surface area (Å²) < 4.78 is 5.83. The number of ether oxygens (including phenoxy) is 1. The number of rotatable bonds is 17. The van der Waals surface area contributed by atoms with Crippen molar-refractivity contribution in [2.24, 2.45) is 0 Å². The predicted molar refractivity (Wildman–Crippen MR) is 117 cm³/mol. The number of nitrogens with one attached hydrogen (secondary N) is 1. The zero-order valence-electron chi connectivity index (χ0n) is 17.7. The molecule has 3 nitrogen and oxygen atoms in total. The lowest BCUT2D eigenvalue weighted by Crippen LogP contribution is -2.08. The molecule has 1 aromatic carbocycles. The summed E-state index contributed by atoms with van der Waals surface area (Å²) in [5.41, 5.74) is 0.760. The number of hydrogen-bond acceptors (Lipinski definition) is 2. The van der Waals surface area contributed by atoms with Crippen LogP contribution in [0.15, 0.2) is 24.3 Å². The third kappa shape index (κ3) is 13.3. The van der Waals surface area contributed by atoms with Crippen molar-refractivity contribution in [1.82, 2.24) is 0 Å². The number of anilines is 1. The van der Waals surface area contributed by atoms with Gasteiger partial charge in [-0.15, -0.1) is 0 Å². The van der Waals surface area contributed by atoms with Crippen LogP contribution in [0.2, 0.25) is 0 Å². The number of hydrogen-bond donors (Lipinski definition) is 1. The summed E-state index contributed by atoms with van der Waals surface area (Å²) in [7, 11) is 0. The van der Waals surface area contributed by atoms with E-state index < -0.39 is 0 Å². The molecular formula is C24H41NO2. The monoisotopic (exact) mass is 375 g/mol. The van der Waals surface area contributed by atoms with Crippen LogP contribution in [0.3, 0.4) is 0 Å². The van der Waals surface area contributed by atoms with E-state index in [1.807, 2.05) is 24.3 Å². The topological polar surface area (TPSA) is 38.3 Å². The van der Waals surface area contributed by atoms with Crippen molar-refractivity contribution < 1.29 is 9.53 Å². The van der Waals surface area contributed by atoms with Gasteiger partial charge in [0.05, 0.1) is 12.3 Å². The van der Waals surface area contributed by atoms with E-state index in [4.69, 9.17) is 4.74 Å². The minimum absolute atomic E-state index is 0.0671. The van der Waals surface area contributed by atoms with Crippen molar-refractivity contribution in [3.05, 3.63) is 24.3 Å². The van der Waals surface area contributed by atoms with Crippen molar-refractivity contribution in [3.63, 3.8) is 0 Å². The maximum Gasteiger partial charge on any atom is 0.221 e. The highest BCUT2D eigenvalue weighted by molar-refractivity contribution is 5.90. The zero-order valence-corrected chi connectivity index (χ0v) is 17.7. The van der Waals surface area contributed by atoms with Crippen LogP contribution in [0.1, 0.15) is 104 Å². The lowest BCUT2D eigenvalue weighted by molar-refractivity contribution is -0.114. The van der Waals surface area contributed by atoms with Gasteiger partial charge in [0, 0.05) is 6.92 Å². The summed E-state index contributed by atoms with van der Waals surface area (Å²) in [6, 6.07) is 7.63. The minimum atomic E-state index is -0.0671. The Hall–Kier alpha value is -1.51. The molecule has 0 spiro atoms. The Labute approximate surface area is 167 Å². The number of carbonyl (C=O) groups is 1. The molecule has 0 aliphatic carbocycles. The maximum atomic E-state index is 11.2. The Kier molecular flexibility index (Phi) is 14.5. The summed E-state index contributed by atoms with van der Waals surface area (Å²) in [6.07, 6.45) is 19.0. The number of unbranched alkanes of at least 4 members (excludes halogenated alkanes) is 13. The molecule has 1 amide bonds. The molecule has 0 aromatic heterocycles. The molecule has 0 fully saturated rings. The molecule has 0 heterocycles. The Morgan fingerprint density at radius 1 is 0.778 bits per heavy atom. The van der Waals surface area contributed by atoms with Crippen LogP contribution < -0.4 is 10.1 Å². The molecule has 0 bridgehead atoms. The average molecular weight is 376 g/mol. The predicted octanol–water partition coefficient (Wildman–Crippen LogP) is 7.51. The van der Waals surface area contributed by atoms with E-state index in [-0.39, 0.29) is 5.91 Å². The van der Waals surface area contributed by atoms with Crippen LogP contribution in [0.25, 0.3) is 0 Å². The normalized spacial score (nSPS) is 10.7. The van der Waals surface area contributed by atoms with Crippen LogP contribution in [-0.4, -0.2) is 12.5 Å². The summed E-state index contributed by atoms with van der Waals surface area (Å²) in [4.78, 5) is 11.2. The fourth-order valence-corrected chi connectivity index (χ4v) is 3.36. The lowest BCUT2D eigenvalue weighted by Gasteiger charge is -2.11. The molecule has 0 aliphatic rings. The van der Waals surface area contributed by atoms with E-state index in [0.717, 1.165) is 17.9 Å². The van der Waals surface area contributed by atoms with E-state index in [1.165, 1.54) is 90.4 Å². The van der Waals surface area contributed by atoms with Crippen LogP contribution >= 0.6 is 0 Å². The quantitative estimate of drug-likeness (QED) is 0.286. The van der Waals surface area contributed by atoms with E-state index >= 15 is 0 Å². The van der Waals surface area contributed by atoms with Gasteiger partial charge in [-0.05, 0) is 18.6 Å². The average Bonchev–Trinajstić information content (AvgIpc) is 2.65. The molecule has 0 radical (unpaired) electrons. The smallest absolute Gasteiger partial charge is 0.221 e. The van der Waals surface area contributed by atoms with Crippen LogP contribution in [0, 0.1) is 0 Å². The van der Waals surface area contributed by atoms with Gasteiger partial charge in [-0.1, -0.05) is 103 Å². The highest BCUT2D eigenvalue weighted by Gasteiger charge is 2.03. The molecule has 27 heavy (non-hydrogen) atoms. The molecule has 154 valence electrons. The van der Waals surface area contributed by atoms with Gasteiger partial charge in [0.2, 0.25) is 5.91 Å². The van der Waals surface area contributed by atoms with Gasteiger partial charge in [-0.2, -0.15) is 0 Å². The first-order chi connectivity index (χ1) is 13.2. The first kappa shape index (κ1) is 23.5. The standard InChI is InChI=1S/C24H41NO2/c1-3-4-5-6-7-8-9-10-11-12-13-14-15-18-21-27-24-20-17-16-19-23(24)25-22(2)26/h16-17,19-20H,3-15,18,21H2,1-2H3,(H,25,26). The molecule has 1 rings (SSSR count). The Morgan fingerprint density at radius 3 is 1.78 bits per heavy atom. The van der Waals surface area contributed by atoms with Crippen molar-refractivity contribution in [2.75, 3.05) is 11.9 Å². The Morgan fingerprint density at radius 2 is 1.26 bits per heavy atom. The molecule has 0 saturated carbocycles. The van der Waals surface area contributed by atoms with Crippen molar-refractivity contribution in [2.45, 2.75) is 104 Å². The Balaban J connectivity index is 1.90. The fraction of sp³-hybridized carbons (Fsp3) is 0.708. The van der Waals surface area contributed by atoms with E-state index in [2.05, 4.69) is 12.2 Å². The number of benzene rings is 1. The SMILES string of the molecule is CCCCCCCCCCCCCCCCOc1ccccc1NC(C)=O. The third-order valence-corrected chi connectivity index (χ3v) is 4.95. The Bertz CT molecular complexity index is 487. The molecule has 3 heteroatoms. The second kappa shape index (κ2) is 16.6. The largest absolute Gasteiger partial charge is 0.491 e. The minimum Gasteiger partial charge on any atom is -0.491 e. The van der Waals surface area contributed by atoms with Crippen molar-refractivity contribution in [3.8, 4) is 5.75 Å². The summed E-state index contributed by atoms with van der Waals surface area (Å²) in [5, 5.41) is 2.81. The molecule has 0 aliphatic heterocycles. The second-order valence-electron chi connectivity index (χ2n) is 7.62. The number of carbonyl (C=O) groups excluding carboxylic acids is 1. The lowest BCUT2D eigenvalue weighted by atomic mass is 10.0. The molecule has 0 unspecified atom stereocenters. The summed E-state index contributed by atoms with van der Waals surface area (Å²) in [6.45, 7) is 4.51. The van der Waals surface area contributed by atoms with Gasteiger partial charge >= 0.3 is 0 Å². The first-order valence-electron chi connectivity index (χ1n) is 11.2. The highest BCUT2D eigenvalue weighted by atomic mass is 16.5. The third-order valence-electron chi connectivity index (χ3n) is 4.95. The maximum absolute atomic E-state index is 11.2. The van der Waals surface area contributed by atoms with Gasteiger partial charge in [0.25, 0.3) is 0 Å². The van der Waals surface area contributed by atoms with Gasteiger partial charge in [0.1, 0.15) is 5.75 Å². The fourth-order valence-electron chi connectivity index (χ4n) is 3.36.